The van der Waals surface area contributed by atoms with Gasteiger partial charge in [0.15, 0.2) is 12.0 Å². The highest BCUT2D eigenvalue weighted by Gasteiger charge is 2.41. The Kier molecular flexibility index (Phi) is 25.1. The first kappa shape index (κ1) is 61.3. The van der Waals surface area contributed by atoms with E-state index in [9.17, 15) is 58.5 Å². The van der Waals surface area contributed by atoms with Gasteiger partial charge in [-0.2, -0.15) is 12.6 Å². The Balaban J connectivity index is 1.87. The van der Waals surface area contributed by atoms with E-state index >= 15 is 0 Å². The molecule has 16 N–H and O–H groups in total. The lowest BCUT2D eigenvalue weighted by atomic mass is 9.97. The van der Waals surface area contributed by atoms with Crippen LogP contribution in [0.15, 0.2) is 41.8 Å². The van der Waals surface area contributed by atoms with Gasteiger partial charge in [-0.15, -0.1) is 0 Å². The van der Waals surface area contributed by atoms with Crippen LogP contribution in [0, 0.1) is 11.8 Å². The van der Waals surface area contributed by atoms with Gasteiger partial charge >= 0.3 is 5.97 Å². The molecule has 2 heterocycles. The van der Waals surface area contributed by atoms with Gasteiger partial charge in [0.25, 0.3) is 0 Å². The highest BCUT2D eigenvalue weighted by atomic mass is 32.1. The fourth-order valence-corrected chi connectivity index (χ4v) is 8.20. The number of amides is 8. The van der Waals surface area contributed by atoms with Crippen molar-refractivity contribution in [3.63, 3.8) is 0 Å². The molecule has 410 valence electrons. The molecule has 2 aromatic rings. The number of guanidine groups is 1. The van der Waals surface area contributed by atoms with E-state index < -0.39 is 120 Å². The smallest absolute Gasteiger partial charge is 0.328 e. The standard InChI is InChI=1S/C47H74N14O12S/c1-7-25(4)37(44(70)56-32(19-28-20-51-23-53-28)45(71)61-17-9-11-34(61)42(68)60-38(26(5)62)46(72)73)59-41(67)33(22-74)57-40(66)31(18-27-12-14-29(63)15-13-27)55-43(69)36(24(2)3)58-39(65)30(54-35(64)21-50-6)10-8-16-52-47(48)49/h12-15,20,23-26,30-34,36-38,50,62-63,74H,7-11,16-19,21-22H2,1-6H3,(H,51,53)(H,54,64)(H,55,69)(H,56,70)(H,57,66)(H,58,65)(H,59,67)(H,60,68)(H,72,73)(H4,48,49,52)/t25?,26-,30+,31+,32+,33+,34+,36+,37+,38+/m1/s1. The molecule has 26 nitrogen and oxygen atoms in total. The average molecular weight is 1060 g/mol. The highest BCUT2D eigenvalue weighted by molar-refractivity contribution is 7.80. The third kappa shape index (κ3) is 19.1. The minimum atomic E-state index is -1.64. The SMILES string of the molecule is CCC(C)[C@H](NC(=O)[C@H](CS)NC(=O)[C@H](Cc1ccc(O)cc1)NC(=O)[C@@H](NC(=O)[C@H](CCCN=C(N)N)NC(=O)CNC)C(C)C)C(=O)N[C@@H](Cc1cnc[nH]1)C(=O)N1CCC[C@H]1C(=O)N[C@H](C(=O)O)[C@@H](C)O. The summed E-state index contributed by atoms with van der Waals surface area (Å²) >= 11 is 4.34. The van der Waals surface area contributed by atoms with Gasteiger partial charge in [-0.25, -0.2) is 9.78 Å². The van der Waals surface area contributed by atoms with Gasteiger partial charge in [0.05, 0.1) is 19.0 Å². The van der Waals surface area contributed by atoms with Crippen LogP contribution in [-0.4, -0.2) is 176 Å². The number of carbonyl (C=O) groups excluding carboxylic acids is 8. The molecular formula is C47H74N14O12S. The maximum absolute atomic E-state index is 14.3. The van der Waals surface area contributed by atoms with Crippen molar-refractivity contribution in [2.45, 2.75) is 134 Å². The molecule has 0 aliphatic carbocycles. The molecule has 1 fully saturated rings. The third-order valence-corrected chi connectivity index (χ3v) is 12.6. The number of carboxylic acids is 1. The molecule has 8 amide bonds. The zero-order valence-corrected chi connectivity index (χ0v) is 43.4. The molecular weight excluding hydrogens is 985 g/mol. The first-order valence-corrected chi connectivity index (χ1v) is 25.0. The number of nitrogens with two attached hydrogens (primary N) is 2. The molecule has 27 heteroatoms. The first-order valence-electron chi connectivity index (χ1n) is 24.4. The molecule has 74 heavy (non-hydrogen) atoms. The number of aliphatic carboxylic acids is 1. The Labute approximate surface area is 435 Å². The van der Waals surface area contributed by atoms with Crippen LogP contribution in [0.5, 0.6) is 5.75 Å². The minimum absolute atomic E-state index is 0.0630. The molecule has 1 aromatic heterocycles. The monoisotopic (exact) mass is 1060 g/mol. The predicted molar refractivity (Wildman–Crippen MR) is 274 cm³/mol. The molecule has 1 aliphatic heterocycles. The van der Waals surface area contributed by atoms with Gasteiger partial charge in [0, 0.05) is 43.6 Å². The summed E-state index contributed by atoms with van der Waals surface area (Å²) in [6.45, 7) is 8.14. The molecule has 1 aromatic carbocycles. The summed E-state index contributed by atoms with van der Waals surface area (Å²) in [4.78, 5) is 135. The lowest BCUT2D eigenvalue weighted by molar-refractivity contribution is -0.147. The lowest BCUT2D eigenvalue weighted by Crippen LogP contribution is -2.62. The zero-order chi connectivity index (χ0) is 55.2. The second kappa shape index (κ2) is 30.3. The Morgan fingerprint density at radius 3 is 1.99 bits per heavy atom. The first-order chi connectivity index (χ1) is 35.0. The number of aliphatic hydroxyl groups is 1. The number of benzene rings is 1. The van der Waals surface area contributed by atoms with Crippen molar-refractivity contribution in [2.75, 3.05) is 32.4 Å². The number of rotatable bonds is 30. The van der Waals surface area contributed by atoms with Crippen molar-refractivity contribution in [3.05, 3.63) is 48.0 Å². The number of hydrogen-bond donors (Lipinski definition) is 15. The quantitative estimate of drug-likeness (QED) is 0.0157. The normalized spacial score (nSPS) is 16.9. The molecule has 0 spiro atoms. The predicted octanol–water partition coefficient (Wildman–Crippen LogP) is -3.34. The molecule has 0 bridgehead atoms. The van der Waals surface area contributed by atoms with Crippen molar-refractivity contribution in [3.8, 4) is 5.75 Å². The largest absolute Gasteiger partial charge is 0.508 e. The van der Waals surface area contributed by atoms with Crippen LogP contribution in [0.3, 0.4) is 0 Å². The number of aromatic nitrogens is 2. The number of likely N-dealkylation sites (tertiary alicyclic amines) is 1. The minimum Gasteiger partial charge on any atom is -0.508 e. The zero-order valence-electron chi connectivity index (χ0n) is 42.6. The lowest BCUT2D eigenvalue weighted by Gasteiger charge is -2.32. The van der Waals surface area contributed by atoms with E-state index in [-0.39, 0.29) is 62.8 Å². The van der Waals surface area contributed by atoms with Gasteiger partial charge in [-0.05, 0) is 69.2 Å². The van der Waals surface area contributed by atoms with E-state index in [0.29, 0.717) is 30.5 Å². The van der Waals surface area contributed by atoms with Crippen molar-refractivity contribution < 1.29 is 58.5 Å². The van der Waals surface area contributed by atoms with Gasteiger partial charge < -0.3 is 79.2 Å². The van der Waals surface area contributed by atoms with Gasteiger partial charge in [0.1, 0.15) is 48.0 Å². The molecule has 0 radical (unpaired) electrons. The highest BCUT2D eigenvalue weighted by Crippen LogP contribution is 2.21. The van der Waals surface area contributed by atoms with Crippen LogP contribution < -0.4 is 54.0 Å². The Hall–Kier alpha value is -7.00. The number of imidazole rings is 1. The summed E-state index contributed by atoms with van der Waals surface area (Å²) < 4.78 is 0. The molecule has 0 saturated carbocycles. The number of carboxylic acid groups (broad SMARTS) is 1. The molecule has 1 unspecified atom stereocenters. The number of phenolic OH excluding ortho intramolecular Hbond substituents is 1. The Morgan fingerprint density at radius 1 is 0.811 bits per heavy atom. The molecule has 3 rings (SSSR count). The number of thiol groups is 1. The van der Waals surface area contributed by atoms with Gasteiger partial charge in [-0.3, -0.25) is 43.3 Å². The topological polar surface area (TPSA) is 407 Å². The maximum Gasteiger partial charge on any atom is 0.328 e. The van der Waals surface area contributed by atoms with E-state index in [1.54, 1.807) is 34.7 Å². The molecule has 10 atom stereocenters. The number of nitrogens with zero attached hydrogens (tertiary/aromatic N) is 3. The number of aromatic hydroxyl groups is 1. The van der Waals surface area contributed by atoms with E-state index in [2.05, 4.69) is 70.1 Å². The second-order valence-electron chi connectivity index (χ2n) is 18.5. The van der Waals surface area contributed by atoms with Crippen molar-refractivity contribution in [1.82, 2.24) is 57.4 Å². The van der Waals surface area contributed by atoms with E-state index in [1.165, 1.54) is 48.6 Å². The summed E-state index contributed by atoms with van der Waals surface area (Å²) in [7, 11) is 1.55. The van der Waals surface area contributed by atoms with E-state index in [0.717, 1.165) is 0 Å². The van der Waals surface area contributed by atoms with Crippen molar-refractivity contribution in [2.24, 2.45) is 28.3 Å². The summed E-state index contributed by atoms with van der Waals surface area (Å²) in [6.07, 6.45) is 2.39. The van der Waals surface area contributed by atoms with Crippen LogP contribution in [0.25, 0.3) is 0 Å². The number of aromatic amines is 1. The Morgan fingerprint density at radius 2 is 1.42 bits per heavy atom. The van der Waals surface area contributed by atoms with Crippen molar-refractivity contribution >= 4 is 71.8 Å². The van der Waals surface area contributed by atoms with Gasteiger partial charge in [0.2, 0.25) is 47.3 Å². The van der Waals surface area contributed by atoms with Crippen LogP contribution >= 0.6 is 12.6 Å². The Bertz CT molecular complexity index is 2250. The van der Waals surface area contributed by atoms with Crippen LogP contribution in [0.1, 0.15) is 78.0 Å². The number of nitrogens with one attached hydrogen (secondary N) is 9. The number of likely N-dealkylation sites (N-methyl/N-ethyl adjacent to an activating group) is 1. The summed E-state index contributed by atoms with van der Waals surface area (Å²) in [5.74, 6) is -9.02. The van der Waals surface area contributed by atoms with E-state index in [1.807, 2.05) is 0 Å². The number of aliphatic hydroxyl groups excluding tert-OH is 1. The van der Waals surface area contributed by atoms with Crippen LogP contribution in [0.2, 0.25) is 0 Å². The number of hydrogen-bond acceptors (Lipinski definition) is 15. The summed E-state index contributed by atoms with van der Waals surface area (Å²) in [6, 6.07) is -4.72. The average Bonchev–Trinajstić information content (AvgIpc) is 4.07. The molecule has 1 saturated heterocycles. The number of carbonyl (C=O) groups is 9. The number of H-pyrrole nitrogens is 1. The van der Waals surface area contributed by atoms with Crippen LogP contribution in [-0.2, 0) is 56.0 Å². The van der Waals surface area contributed by atoms with Crippen LogP contribution in [0.4, 0.5) is 0 Å². The van der Waals surface area contributed by atoms with Crippen molar-refractivity contribution in [1.29, 1.82) is 0 Å². The number of phenols is 1. The third-order valence-electron chi connectivity index (χ3n) is 12.3. The van der Waals surface area contributed by atoms with E-state index in [4.69, 9.17) is 11.5 Å². The fourth-order valence-electron chi connectivity index (χ4n) is 7.95. The van der Waals surface area contributed by atoms with Gasteiger partial charge in [-0.1, -0.05) is 46.2 Å². The maximum atomic E-state index is 14.3. The summed E-state index contributed by atoms with van der Waals surface area (Å²) in [5.41, 5.74) is 11.8. The summed E-state index contributed by atoms with van der Waals surface area (Å²) in [5, 5.41) is 50.5. The fraction of sp³-hybridized carbons (Fsp3) is 0.596. The number of aliphatic imine (C=N–C) groups is 1. The second-order valence-corrected chi connectivity index (χ2v) is 18.8. The molecule has 1 aliphatic rings.